The van der Waals surface area contributed by atoms with Crippen molar-refractivity contribution in [2.45, 2.75) is 51.7 Å². The van der Waals surface area contributed by atoms with E-state index in [4.69, 9.17) is 10.00 Å². The lowest BCUT2D eigenvalue weighted by Crippen LogP contribution is -2.40. The van der Waals surface area contributed by atoms with Gasteiger partial charge in [0.05, 0.1) is 12.0 Å². The Kier molecular flexibility index (Phi) is 3.57. The van der Waals surface area contributed by atoms with Crippen LogP contribution in [-0.4, -0.2) is 17.7 Å². The largest absolute Gasteiger partial charge is 0.444 e. The average Bonchev–Trinajstić information content (AvgIpc) is 2.48. The number of carbonyl (C=O) groups is 1. The zero-order valence-corrected chi connectivity index (χ0v) is 9.54. The molecule has 1 saturated carbocycles. The quantitative estimate of drug-likeness (QED) is 0.721. The predicted octanol–water partition coefficient (Wildman–Crippen LogP) is 2.20. The Morgan fingerprint density at radius 2 is 2.13 bits per heavy atom. The first-order valence-corrected chi connectivity index (χ1v) is 5.31. The van der Waals surface area contributed by atoms with Crippen LogP contribution in [0.25, 0.3) is 0 Å². The second kappa shape index (κ2) is 4.52. The Labute approximate surface area is 90.6 Å². The van der Waals surface area contributed by atoms with E-state index < -0.39 is 11.7 Å². The molecule has 1 aliphatic rings. The maximum Gasteiger partial charge on any atom is 0.407 e. The summed E-state index contributed by atoms with van der Waals surface area (Å²) in [4.78, 5) is 11.4. The summed E-state index contributed by atoms with van der Waals surface area (Å²) in [6, 6.07) is 2.17. The molecule has 0 bridgehead atoms. The number of carbonyl (C=O) groups excluding carboxylic acids is 1. The fraction of sp³-hybridized carbons (Fsp3) is 0.818. The van der Waals surface area contributed by atoms with Gasteiger partial charge in [-0.25, -0.2) is 4.79 Å². The average molecular weight is 210 g/mol. The zero-order chi connectivity index (χ0) is 11.5. The van der Waals surface area contributed by atoms with Crippen molar-refractivity contribution in [2.75, 3.05) is 0 Å². The first-order chi connectivity index (χ1) is 6.92. The Bertz CT molecular complexity index is 275. The number of rotatable bonds is 1. The highest BCUT2D eigenvalue weighted by molar-refractivity contribution is 5.68. The normalized spacial score (nSPS) is 25.7. The maximum absolute atomic E-state index is 11.4. The molecule has 0 aromatic rings. The fourth-order valence-corrected chi connectivity index (χ4v) is 1.75. The lowest BCUT2D eigenvalue weighted by atomic mass is 10.1. The monoisotopic (exact) mass is 210 g/mol. The highest BCUT2D eigenvalue weighted by Gasteiger charge is 2.29. The van der Waals surface area contributed by atoms with Crippen LogP contribution in [0.1, 0.15) is 40.0 Å². The molecule has 2 atom stereocenters. The van der Waals surface area contributed by atoms with Crippen LogP contribution < -0.4 is 5.32 Å². The molecule has 0 spiro atoms. The van der Waals surface area contributed by atoms with E-state index in [0.717, 1.165) is 19.3 Å². The van der Waals surface area contributed by atoms with Gasteiger partial charge in [-0.3, -0.25) is 0 Å². The minimum Gasteiger partial charge on any atom is -0.444 e. The second-order valence-corrected chi connectivity index (χ2v) is 4.92. The molecule has 1 rings (SSSR count). The summed E-state index contributed by atoms with van der Waals surface area (Å²) in [5, 5.41) is 11.6. The lowest BCUT2D eigenvalue weighted by Gasteiger charge is -2.22. The fourth-order valence-electron chi connectivity index (χ4n) is 1.75. The van der Waals surface area contributed by atoms with E-state index in [9.17, 15) is 4.79 Å². The van der Waals surface area contributed by atoms with Gasteiger partial charge >= 0.3 is 6.09 Å². The third kappa shape index (κ3) is 3.78. The van der Waals surface area contributed by atoms with Gasteiger partial charge in [0.1, 0.15) is 5.60 Å². The van der Waals surface area contributed by atoms with Crippen molar-refractivity contribution in [1.82, 2.24) is 5.32 Å². The summed E-state index contributed by atoms with van der Waals surface area (Å²) in [6.45, 7) is 5.47. The molecule has 4 nitrogen and oxygen atoms in total. The molecule has 0 aliphatic heterocycles. The van der Waals surface area contributed by atoms with Gasteiger partial charge in [0.25, 0.3) is 0 Å². The van der Waals surface area contributed by atoms with Crippen LogP contribution in [0.15, 0.2) is 0 Å². The first-order valence-electron chi connectivity index (χ1n) is 5.31. The van der Waals surface area contributed by atoms with E-state index in [0.29, 0.717) is 0 Å². The van der Waals surface area contributed by atoms with E-state index in [1.165, 1.54) is 0 Å². The van der Waals surface area contributed by atoms with Crippen LogP contribution in [0, 0.1) is 17.2 Å². The van der Waals surface area contributed by atoms with E-state index in [1.54, 1.807) is 0 Å². The predicted molar refractivity (Wildman–Crippen MR) is 56.1 cm³/mol. The molecular weight excluding hydrogens is 192 g/mol. The summed E-state index contributed by atoms with van der Waals surface area (Å²) < 4.78 is 5.13. The maximum atomic E-state index is 11.4. The number of hydrogen-bond acceptors (Lipinski definition) is 3. The number of amides is 1. The summed E-state index contributed by atoms with van der Waals surface area (Å²) in [5.41, 5.74) is -0.481. The molecule has 15 heavy (non-hydrogen) atoms. The van der Waals surface area contributed by atoms with Crippen LogP contribution in [0.5, 0.6) is 0 Å². The number of alkyl carbamates (subject to hydrolysis) is 1. The smallest absolute Gasteiger partial charge is 0.407 e. The minimum atomic E-state index is -0.481. The zero-order valence-electron chi connectivity index (χ0n) is 9.54. The van der Waals surface area contributed by atoms with Crippen molar-refractivity contribution in [1.29, 1.82) is 5.26 Å². The van der Waals surface area contributed by atoms with Crippen molar-refractivity contribution < 1.29 is 9.53 Å². The molecule has 0 unspecified atom stereocenters. The third-order valence-corrected chi connectivity index (χ3v) is 2.38. The molecule has 1 amide bonds. The number of hydrogen-bond donors (Lipinski definition) is 1. The van der Waals surface area contributed by atoms with Crippen molar-refractivity contribution >= 4 is 6.09 Å². The van der Waals surface area contributed by atoms with Gasteiger partial charge in [-0.05, 0) is 40.0 Å². The van der Waals surface area contributed by atoms with E-state index in [2.05, 4.69) is 11.4 Å². The molecule has 0 heterocycles. The molecule has 0 radical (unpaired) electrons. The van der Waals surface area contributed by atoms with Crippen LogP contribution in [0.2, 0.25) is 0 Å². The Morgan fingerprint density at radius 3 is 2.67 bits per heavy atom. The van der Waals surface area contributed by atoms with Gasteiger partial charge in [-0.15, -0.1) is 0 Å². The SMILES string of the molecule is CC(C)(C)OC(=O)N[C@H]1CCC[C@@H]1C#N. The van der Waals surface area contributed by atoms with Gasteiger partial charge in [0, 0.05) is 6.04 Å². The van der Waals surface area contributed by atoms with Gasteiger partial charge in [0.2, 0.25) is 0 Å². The molecule has 1 N–H and O–H groups in total. The van der Waals surface area contributed by atoms with Gasteiger partial charge in [-0.1, -0.05) is 0 Å². The molecule has 1 fully saturated rings. The third-order valence-electron chi connectivity index (χ3n) is 2.38. The number of ether oxygens (including phenoxy) is 1. The topological polar surface area (TPSA) is 62.1 Å². The molecule has 1 aliphatic carbocycles. The van der Waals surface area contributed by atoms with Gasteiger partial charge < -0.3 is 10.1 Å². The summed E-state index contributed by atoms with van der Waals surface area (Å²) in [7, 11) is 0. The molecule has 84 valence electrons. The van der Waals surface area contributed by atoms with Crippen molar-refractivity contribution in [3.63, 3.8) is 0 Å². The van der Waals surface area contributed by atoms with Crippen LogP contribution in [-0.2, 0) is 4.74 Å². The van der Waals surface area contributed by atoms with E-state index >= 15 is 0 Å². The Morgan fingerprint density at radius 1 is 1.47 bits per heavy atom. The van der Waals surface area contributed by atoms with E-state index in [-0.39, 0.29) is 12.0 Å². The van der Waals surface area contributed by atoms with E-state index in [1.807, 2.05) is 20.8 Å². The van der Waals surface area contributed by atoms with Gasteiger partial charge in [-0.2, -0.15) is 5.26 Å². The molecule has 4 heteroatoms. The minimum absolute atomic E-state index is 0.0372. The van der Waals surface area contributed by atoms with Gasteiger partial charge in [0.15, 0.2) is 0 Å². The Balaban J connectivity index is 2.42. The van der Waals surface area contributed by atoms with Crippen LogP contribution in [0.4, 0.5) is 4.79 Å². The second-order valence-electron chi connectivity index (χ2n) is 4.92. The van der Waals surface area contributed by atoms with Crippen LogP contribution >= 0.6 is 0 Å². The highest BCUT2D eigenvalue weighted by atomic mass is 16.6. The molecule has 0 aromatic heterocycles. The van der Waals surface area contributed by atoms with Crippen molar-refractivity contribution in [3.05, 3.63) is 0 Å². The summed E-state index contributed by atoms with van der Waals surface area (Å²) in [5.74, 6) is -0.0579. The first kappa shape index (κ1) is 11.8. The van der Waals surface area contributed by atoms with Crippen molar-refractivity contribution in [2.24, 2.45) is 5.92 Å². The Hall–Kier alpha value is -1.24. The highest BCUT2D eigenvalue weighted by Crippen LogP contribution is 2.25. The molecule has 0 saturated heterocycles. The number of nitrogens with zero attached hydrogens (tertiary/aromatic N) is 1. The molecule has 0 aromatic carbocycles. The molecular formula is C11H18N2O2. The van der Waals surface area contributed by atoms with Crippen LogP contribution in [0.3, 0.4) is 0 Å². The number of nitriles is 1. The lowest BCUT2D eigenvalue weighted by molar-refractivity contribution is 0.0499. The number of nitrogens with one attached hydrogen (secondary N) is 1. The summed E-state index contributed by atoms with van der Waals surface area (Å²) in [6.07, 6.45) is 2.32. The standard InChI is InChI=1S/C11H18N2O2/c1-11(2,3)15-10(14)13-9-6-4-5-8(9)7-12/h8-9H,4-6H2,1-3H3,(H,13,14)/t8-,9+/m1/s1. The summed E-state index contributed by atoms with van der Waals surface area (Å²) >= 11 is 0. The van der Waals surface area contributed by atoms with Crippen molar-refractivity contribution in [3.8, 4) is 6.07 Å².